The van der Waals surface area contributed by atoms with E-state index in [-0.39, 0.29) is 0 Å². The summed E-state index contributed by atoms with van der Waals surface area (Å²) in [5, 5.41) is 8.76. The van der Waals surface area contributed by atoms with Gasteiger partial charge in [0.15, 0.2) is 0 Å². The SMILES string of the molecule is CN(CC1CC2CCC1C2)c1ccc(C#N)cn1. The molecule has 2 aliphatic carbocycles. The van der Waals surface area contributed by atoms with Crippen molar-refractivity contribution in [1.29, 1.82) is 5.26 Å². The second-order valence-corrected chi connectivity index (χ2v) is 5.83. The Morgan fingerprint density at radius 1 is 1.39 bits per heavy atom. The van der Waals surface area contributed by atoms with E-state index >= 15 is 0 Å². The van der Waals surface area contributed by atoms with Gasteiger partial charge in [0, 0.05) is 19.8 Å². The zero-order valence-electron chi connectivity index (χ0n) is 10.8. The van der Waals surface area contributed by atoms with E-state index in [0.29, 0.717) is 5.56 Å². The molecule has 3 unspecified atom stereocenters. The van der Waals surface area contributed by atoms with Crippen molar-refractivity contribution < 1.29 is 0 Å². The third-order valence-corrected chi connectivity index (χ3v) is 4.66. The van der Waals surface area contributed by atoms with Gasteiger partial charge in [-0.05, 0) is 49.1 Å². The maximum atomic E-state index is 8.76. The average Bonchev–Trinajstić information content (AvgIpc) is 3.01. The lowest BCUT2D eigenvalue weighted by Crippen LogP contribution is -2.29. The lowest BCUT2D eigenvalue weighted by atomic mass is 9.88. The number of hydrogen-bond donors (Lipinski definition) is 0. The van der Waals surface area contributed by atoms with Crippen LogP contribution in [0.3, 0.4) is 0 Å². The van der Waals surface area contributed by atoms with Gasteiger partial charge in [0.1, 0.15) is 11.9 Å². The standard InChI is InChI=1S/C15H19N3/c1-18(15-5-3-12(8-16)9-17-15)10-14-7-11-2-4-13(14)6-11/h3,5,9,11,13-14H,2,4,6-7,10H2,1H3. The maximum Gasteiger partial charge on any atom is 0.128 e. The molecule has 3 atom stereocenters. The Hall–Kier alpha value is -1.56. The smallest absolute Gasteiger partial charge is 0.128 e. The van der Waals surface area contributed by atoms with Crippen LogP contribution in [0.2, 0.25) is 0 Å². The van der Waals surface area contributed by atoms with E-state index in [9.17, 15) is 0 Å². The van der Waals surface area contributed by atoms with Crippen LogP contribution in [0.25, 0.3) is 0 Å². The highest BCUT2D eigenvalue weighted by Gasteiger charge is 2.39. The largest absolute Gasteiger partial charge is 0.359 e. The van der Waals surface area contributed by atoms with Crippen molar-refractivity contribution in [3.05, 3.63) is 23.9 Å². The predicted molar refractivity (Wildman–Crippen MR) is 71.2 cm³/mol. The highest BCUT2D eigenvalue weighted by atomic mass is 15.2. The molecule has 2 saturated carbocycles. The molecule has 3 nitrogen and oxygen atoms in total. The fourth-order valence-corrected chi connectivity index (χ4v) is 3.72. The Kier molecular flexibility index (Phi) is 2.95. The first kappa shape index (κ1) is 11.5. The molecule has 1 aromatic rings. The zero-order valence-corrected chi connectivity index (χ0v) is 10.8. The molecule has 0 saturated heterocycles. The Morgan fingerprint density at radius 3 is 2.83 bits per heavy atom. The van der Waals surface area contributed by atoms with Gasteiger partial charge in [0.2, 0.25) is 0 Å². The van der Waals surface area contributed by atoms with Crippen LogP contribution < -0.4 is 4.90 Å². The first-order valence-electron chi connectivity index (χ1n) is 6.83. The Bertz CT molecular complexity index is 460. The molecule has 1 aromatic heterocycles. The van der Waals surface area contributed by atoms with Crippen LogP contribution >= 0.6 is 0 Å². The number of nitriles is 1. The maximum absolute atomic E-state index is 8.76. The summed E-state index contributed by atoms with van der Waals surface area (Å²) in [5.74, 6) is 3.79. The quantitative estimate of drug-likeness (QED) is 0.817. The van der Waals surface area contributed by atoms with E-state index in [1.165, 1.54) is 25.7 Å². The summed E-state index contributed by atoms with van der Waals surface area (Å²) in [5.41, 5.74) is 0.632. The van der Waals surface area contributed by atoms with Crippen molar-refractivity contribution >= 4 is 5.82 Å². The molecule has 1 heterocycles. The monoisotopic (exact) mass is 241 g/mol. The predicted octanol–water partition coefficient (Wildman–Crippen LogP) is 2.83. The third kappa shape index (κ3) is 2.08. The molecule has 0 aromatic carbocycles. The minimum absolute atomic E-state index is 0.632. The number of hydrogen-bond acceptors (Lipinski definition) is 3. The molecule has 2 fully saturated rings. The van der Waals surface area contributed by atoms with Crippen molar-refractivity contribution in [2.75, 3.05) is 18.5 Å². The van der Waals surface area contributed by atoms with Crippen LogP contribution in [0.4, 0.5) is 5.82 Å². The van der Waals surface area contributed by atoms with E-state index in [4.69, 9.17) is 5.26 Å². The lowest BCUT2D eigenvalue weighted by Gasteiger charge is -2.27. The lowest BCUT2D eigenvalue weighted by molar-refractivity contribution is 0.337. The average molecular weight is 241 g/mol. The molecule has 0 N–H and O–H groups in total. The molecule has 18 heavy (non-hydrogen) atoms. The number of nitrogens with zero attached hydrogens (tertiary/aromatic N) is 3. The fraction of sp³-hybridized carbons (Fsp3) is 0.600. The number of anilines is 1. The van der Waals surface area contributed by atoms with Crippen molar-refractivity contribution in [1.82, 2.24) is 4.98 Å². The van der Waals surface area contributed by atoms with E-state index < -0.39 is 0 Å². The van der Waals surface area contributed by atoms with Gasteiger partial charge < -0.3 is 4.90 Å². The second kappa shape index (κ2) is 4.61. The summed E-state index contributed by atoms with van der Waals surface area (Å²) in [4.78, 5) is 6.60. The number of rotatable bonds is 3. The minimum atomic E-state index is 0.632. The van der Waals surface area contributed by atoms with Crippen molar-refractivity contribution in [3.63, 3.8) is 0 Å². The van der Waals surface area contributed by atoms with Gasteiger partial charge in [-0.15, -0.1) is 0 Å². The van der Waals surface area contributed by atoms with Crippen LogP contribution in [0.15, 0.2) is 18.3 Å². The van der Waals surface area contributed by atoms with Crippen molar-refractivity contribution in [2.45, 2.75) is 25.7 Å². The minimum Gasteiger partial charge on any atom is -0.359 e. The summed E-state index contributed by atoms with van der Waals surface area (Å²) in [7, 11) is 2.11. The van der Waals surface area contributed by atoms with Gasteiger partial charge in [-0.3, -0.25) is 0 Å². The molecule has 2 bridgehead atoms. The van der Waals surface area contributed by atoms with Crippen molar-refractivity contribution in [2.24, 2.45) is 17.8 Å². The van der Waals surface area contributed by atoms with Gasteiger partial charge in [0.05, 0.1) is 5.56 Å². The van der Waals surface area contributed by atoms with E-state index in [1.54, 1.807) is 6.20 Å². The Balaban J connectivity index is 1.64. The molecular weight excluding hydrogens is 222 g/mol. The zero-order chi connectivity index (χ0) is 12.5. The van der Waals surface area contributed by atoms with E-state index in [0.717, 1.165) is 30.1 Å². The summed E-state index contributed by atoms with van der Waals surface area (Å²) >= 11 is 0. The summed E-state index contributed by atoms with van der Waals surface area (Å²) in [6.07, 6.45) is 7.42. The normalized spacial score (nSPS) is 29.2. The molecule has 0 amide bonds. The molecule has 3 rings (SSSR count). The van der Waals surface area contributed by atoms with Crippen LogP contribution in [0.5, 0.6) is 0 Å². The second-order valence-electron chi connectivity index (χ2n) is 5.83. The molecule has 0 spiro atoms. The molecule has 0 radical (unpaired) electrons. The summed E-state index contributed by atoms with van der Waals surface area (Å²) in [6.45, 7) is 1.11. The Morgan fingerprint density at radius 2 is 2.28 bits per heavy atom. The molecule has 2 aliphatic rings. The highest BCUT2D eigenvalue weighted by Crippen LogP contribution is 2.48. The number of aromatic nitrogens is 1. The van der Waals surface area contributed by atoms with Crippen LogP contribution in [0, 0.1) is 29.1 Å². The van der Waals surface area contributed by atoms with Crippen LogP contribution in [0.1, 0.15) is 31.2 Å². The summed E-state index contributed by atoms with van der Waals surface area (Å²) in [6, 6.07) is 5.90. The van der Waals surface area contributed by atoms with Gasteiger partial charge in [0.25, 0.3) is 0 Å². The van der Waals surface area contributed by atoms with Gasteiger partial charge in [-0.1, -0.05) is 6.42 Å². The van der Waals surface area contributed by atoms with Gasteiger partial charge >= 0.3 is 0 Å². The third-order valence-electron chi connectivity index (χ3n) is 4.66. The van der Waals surface area contributed by atoms with Gasteiger partial charge in [-0.2, -0.15) is 5.26 Å². The first-order valence-corrected chi connectivity index (χ1v) is 6.83. The van der Waals surface area contributed by atoms with Gasteiger partial charge in [-0.25, -0.2) is 4.98 Å². The van der Waals surface area contributed by atoms with Crippen molar-refractivity contribution in [3.8, 4) is 6.07 Å². The Labute approximate surface area is 108 Å². The fourth-order valence-electron chi connectivity index (χ4n) is 3.72. The van der Waals surface area contributed by atoms with E-state index in [1.807, 2.05) is 12.1 Å². The van der Waals surface area contributed by atoms with E-state index in [2.05, 4.69) is 23.0 Å². The summed E-state index contributed by atoms with van der Waals surface area (Å²) < 4.78 is 0. The number of fused-ring (bicyclic) bond motifs is 2. The topological polar surface area (TPSA) is 39.9 Å². The van der Waals surface area contributed by atoms with Crippen LogP contribution in [-0.2, 0) is 0 Å². The molecule has 3 heteroatoms. The molecular formula is C15H19N3. The number of pyridine rings is 1. The molecule has 0 aliphatic heterocycles. The highest BCUT2D eigenvalue weighted by molar-refractivity contribution is 5.41. The van der Waals surface area contributed by atoms with Crippen LogP contribution in [-0.4, -0.2) is 18.6 Å². The molecule has 94 valence electrons. The first-order chi connectivity index (χ1) is 8.76.